The molecule has 4 aromatic rings. The zero-order chi connectivity index (χ0) is 20.9. The molecule has 4 rings (SSSR count). The molecule has 0 saturated carbocycles. The van der Waals surface area contributed by atoms with Gasteiger partial charge in [-0.15, -0.1) is 0 Å². The van der Waals surface area contributed by atoms with Crippen LogP contribution < -0.4 is 9.64 Å². The van der Waals surface area contributed by atoms with E-state index in [1.807, 2.05) is 12.1 Å². The second-order valence-corrected chi connectivity index (χ2v) is 7.87. The van der Waals surface area contributed by atoms with E-state index in [1.165, 1.54) is 22.4 Å². The molecule has 0 spiro atoms. The van der Waals surface area contributed by atoms with Crippen LogP contribution in [0, 0.1) is 0 Å². The summed E-state index contributed by atoms with van der Waals surface area (Å²) in [7, 11) is 5.90. The molecule has 1 heterocycles. The number of hydrogen-bond acceptors (Lipinski definition) is 4. The van der Waals surface area contributed by atoms with Crippen molar-refractivity contribution in [1.82, 2.24) is 14.9 Å². The molecular formula is C25H28N4O. The van der Waals surface area contributed by atoms with E-state index in [4.69, 9.17) is 4.74 Å². The number of nitrogens with zero attached hydrogens (tertiary/aromatic N) is 3. The summed E-state index contributed by atoms with van der Waals surface area (Å²) in [4.78, 5) is 12.2. The first kappa shape index (κ1) is 20.0. The average Bonchev–Trinajstić information content (AvgIpc) is 3.21. The number of anilines is 1. The van der Waals surface area contributed by atoms with Crippen molar-refractivity contribution in [2.45, 2.75) is 19.6 Å². The Bertz CT molecular complexity index is 1120. The normalized spacial score (nSPS) is 11.2. The summed E-state index contributed by atoms with van der Waals surface area (Å²) in [5.41, 5.74) is 7.03. The topological polar surface area (TPSA) is 44.4 Å². The quantitative estimate of drug-likeness (QED) is 0.460. The van der Waals surface area contributed by atoms with E-state index in [0.717, 1.165) is 36.4 Å². The molecule has 0 saturated heterocycles. The molecule has 0 amide bonds. The van der Waals surface area contributed by atoms with Gasteiger partial charge in [-0.3, -0.25) is 0 Å². The van der Waals surface area contributed by atoms with Gasteiger partial charge in [-0.25, -0.2) is 4.98 Å². The van der Waals surface area contributed by atoms with Crippen LogP contribution in [-0.4, -0.2) is 36.1 Å². The molecule has 0 aliphatic heterocycles. The van der Waals surface area contributed by atoms with Crippen LogP contribution in [0.2, 0.25) is 0 Å². The van der Waals surface area contributed by atoms with E-state index in [9.17, 15) is 0 Å². The van der Waals surface area contributed by atoms with E-state index in [0.29, 0.717) is 0 Å². The molecule has 1 aromatic heterocycles. The van der Waals surface area contributed by atoms with Crippen molar-refractivity contribution >= 4 is 16.7 Å². The number of hydrogen-bond donors (Lipinski definition) is 1. The van der Waals surface area contributed by atoms with Crippen molar-refractivity contribution in [2.24, 2.45) is 0 Å². The minimum Gasteiger partial charge on any atom is -0.497 e. The van der Waals surface area contributed by atoms with Crippen LogP contribution in [0.15, 0.2) is 73.1 Å². The SMILES string of the molecule is COc1cccc(CN(Cc2ccc3nc[nH]c3c2)c2cccc(CN(C)C)c2)c1. The Labute approximate surface area is 177 Å². The second kappa shape index (κ2) is 9.01. The highest BCUT2D eigenvalue weighted by Crippen LogP contribution is 2.24. The van der Waals surface area contributed by atoms with Gasteiger partial charge in [-0.05, 0) is 67.2 Å². The smallest absolute Gasteiger partial charge is 0.119 e. The lowest BCUT2D eigenvalue weighted by atomic mass is 10.1. The number of H-pyrrole nitrogens is 1. The van der Waals surface area contributed by atoms with Crippen LogP contribution in [0.1, 0.15) is 16.7 Å². The number of ether oxygens (including phenoxy) is 1. The highest BCUT2D eigenvalue weighted by atomic mass is 16.5. The largest absolute Gasteiger partial charge is 0.497 e. The van der Waals surface area contributed by atoms with Gasteiger partial charge in [0.05, 0.1) is 24.5 Å². The summed E-state index contributed by atoms with van der Waals surface area (Å²) in [6.45, 7) is 2.52. The van der Waals surface area contributed by atoms with Crippen molar-refractivity contribution in [3.8, 4) is 5.75 Å². The first-order valence-electron chi connectivity index (χ1n) is 10.1. The summed E-state index contributed by atoms with van der Waals surface area (Å²) < 4.78 is 5.43. The molecule has 5 nitrogen and oxygen atoms in total. The number of rotatable bonds is 8. The highest BCUT2D eigenvalue weighted by Gasteiger charge is 2.11. The zero-order valence-electron chi connectivity index (χ0n) is 17.8. The molecule has 30 heavy (non-hydrogen) atoms. The molecule has 0 bridgehead atoms. The maximum atomic E-state index is 5.43. The number of benzene rings is 3. The Hall–Kier alpha value is -3.31. The molecule has 0 unspecified atom stereocenters. The van der Waals surface area contributed by atoms with Gasteiger partial charge in [-0.2, -0.15) is 0 Å². The van der Waals surface area contributed by atoms with E-state index in [1.54, 1.807) is 13.4 Å². The van der Waals surface area contributed by atoms with Gasteiger partial charge in [0, 0.05) is 25.3 Å². The molecule has 0 radical (unpaired) electrons. The molecular weight excluding hydrogens is 372 g/mol. The Balaban J connectivity index is 1.66. The van der Waals surface area contributed by atoms with Crippen molar-refractivity contribution in [1.29, 1.82) is 0 Å². The van der Waals surface area contributed by atoms with Crippen LogP contribution in [-0.2, 0) is 19.6 Å². The van der Waals surface area contributed by atoms with Crippen LogP contribution in [0.4, 0.5) is 5.69 Å². The Morgan fingerprint density at radius 1 is 0.833 bits per heavy atom. The number of aromatic nitrogens is 2. The first-order valence-corrected chi connectivity index (χ1v) is 10.1. The predicted octanol–water partition coefficient (Wildman–Crippen LogP) is 4.84. The minimum absolute atomic E-state index is 0.795. The number of fused-ring (bicyclic) bond motifs is 1. The third-order valence-corrected chi connectivity index (χ3v) is 5.14. The van der Waals surface area contributed by atoms with Crippen molar-refractivity contribution in [2.75, 3.05) is 26.1 Å². The third kappa shape index (κ3) is 4.81. The summed E-state index contributed by atoms with van der Waals surface area (Å²) in [5.74, 6) is 0.882. The fourth-order valence-electron chi connectivity index (χ4n) is 3.75. The standard InChI is InChI=1S/C25H28N4O/c1-28(2)15-19-6-4-8-22(12-19)29(16-20-7-5-9-23(13-20)30-3)17-21-10-11-24-25(14-21)27-18-26-24/h4-14,18H,15-17H2,1-3H3,(H,26,27). The maximum Gasteiger partial charge on any atom is 0.119 e. The molecule has 3 aromatic carbocycles. The van der Waals surface area contributed by atoms with Gasteiger partial charge in [0.2, 0.25) is 0 Å². The lowest BCUT2D eigenvalue weighted by molar-refractivity contribution is 0.402. The van der Waals surface area contributed by atoms with Gasteiger partial charge in [0.15, 0.2) is 0 Å². The van der Waals surface area contributed by atoms with Crippen LogP contribution in [0.5, 0.6) is 5.75 Å². The lowest BCUT2D eigenvalue weighted by Gasteiger charge is -2.26. The Morgan fingerprint density at radius 2 is 1.57 bits per heavy atom. The van der Waals surface area contributed by atoms with Crippen molar-refractivity contribution in [3.63, 3.8) is 0 Å². The first-order chi connectivity index (χ1) is 14.6. The number of aromatic amines is 1. The highest BCUT2D eigenvalue weighted by molar-refractivity contribution is 5.75. The van der Waals surface area contributed by atoms with Gasteiger partial charge in [0.25, 0.3) is 0 Å². The van der Waals surface area contributed by atoms with E-state index in [2.05, 4.69) is 88.5 Å². The van der Waals surface area contributed by atoms with Crippen LogP contribution in [0.25, 0.3) is 11.0 Å². The van der Waals surface area contributed by atoms with Crippen molar-refractivity contribution in [3.05, 3.63) is 89.7 Å². The minimum atomic E-state index is 0.795. The van der Waals surface area contributed by atoms with Gasteiger partial charge >= 0.3 is 0 Å². The van der Waals surface area contributed by atoms with Gasteiger partial charge < -0.3 is 19.5 Å². The van der Waals surface area contributed by atoms with Gasteiger partial charge in [0.1, 0.15) is 5.75 Å². The molecule has 154 valence electrons. The fraction of sp³-hybridized carbons (Fsp3) is 0.240. The summed E-state index contributed by atoms with van der Waals surface area (Å²) in [5, 5.41) is 0. The monoisotopic (exact) mass is 400 g/mol. The second-order valence-electron chi connectivity index (χ2n) is 7.87. The van der Waals surface area contributed by atoms with E-state index >= 15 is 0 Å². The van der Waals surface area contributed by atoms with Crippen molar-refractivity contribution < 1.29 is 4.74 Å². The molecule has 1 N–H and O–H groups in total. The van der Waals surface area contributed by atoms with Crippen LogP contribution in [0.3, 0.4) is 0 Å². The number of methoxy groups -OCH3 is 1. The Kier molecular flexibility index (Phi) is 6.00. The fourth-order valence-corrected chi connectivity index (χ4v) is 3.75. The lowest BCUT2D eigenvalue weighted by Crippen LogP contribution is -2.22. The van der Waals surface area contributed by atoms with E-state index in [-0.39, 0.29) is 0 Å². The average molecular weight is 401 g/mol. The van der Waals surface area contributed by atoms with Gasteiger partial charge in [-0.1, -0.05) is 30.3 Å². The summed E-state index contributed by atoms with van der Waals surface area (Å²) in [6, 6.07) is 23.5. The summed E-state index contributed by atoms with van der Waals surface area (Å²) in [6.07, 6.45) is 1.74. The summed E-state index contributed by atoms with van der Waals surface area (Å²) >= 11 is 0. The molecule has 5 heteroatoms. The van der Waals surface area contributed by atoms with Crippen LogP contribution >= 0.6 is 0 Å². The molecule has 0 fully saturated rings. The Morgan fingerprint density at radius 3 is 2.33 bits per heavy atom. The predicted molar refractivity (Wildman–Crippen MR) is 123 cm³/mol. The molecule has 0 atom stereocenters. The maximum absolute atomic E-state index is 5.43. The molecule has 0 aliphatic rings. The number of imidazole rings is 1. The van der Waals surface area contributed by atoms with E-state index < -0.39 is 0 Å². The molecule has 0 aliphatic carbocycles. The third-order valence-electron chi connectivity index (χ3n) is 5.14. The zero-order valence-corrected chi connectivity index (χ0v) is 17.8. The number of nitrogens with one attached hydrogen (secondary N) is 1.